The molecule has 0 saturated heterocycles. The van der Waals surface area contributed by atoms with E-state index in [1.807, 2.05) is 11.8 Å². The van der Waals surface area contributed by atoms with Gasteiger partial charge in [0.1, 0.15) is 11.6 Å². The number of likely N-dealkylation sites (N-methyl/N-ethyl adjacent to an activating group) is 1. The Morgan fingerprint density at radius 3 is 2.84 bits per heavy atom. The van der Waals surface area contributed by atoms with Gasteiger partial charge in [0, 0.05) is 18.7 Å². The van der Waals surface area contributed by atoms with Crippen LogP contribution in [0.5, 0.6) is 5.75 Å². The molecule has 1 aliphatic carbocycles. The highest BCUT2D eigenvalue weighted by Gasteiger charge is 2.30. The fourth-order valence-corrected chi connectivity index (χ4v) is 2.06. The molecule has 1 aromatic rings. The van der Waals surface area contributed by atoms with E-state index < -0.39 is 0 Å². The fraction of sp³-hybridized carbons (Fsp3) is 0.500. The van der Waals surface area contributed by atoms with E-state index in [0.717, 1.165) is 12.8 Å². The van der Waals surface area contributed by atoms with Crippen LogP contribution in [0, 0.1) is 5.82 Å². The van der Waals surface area contributed by atoms with Crippen molar-refractivity contribution in [3.63, 3.8) is 0 Å². The SMILES string of the molecule is CCN(C(=O)CNc1cc(OC)ccc1F)C1CC1. The van der Waals surface area contributed by atoms with Crippen LogP contribution in [-0.4, -0.2) is 37.0 Å². The summed E-state index contributed by atoms with van der Waals surface area (Å²) in [6, 6.07) is 4.81. The van der Waals surface area contributed by atoms with Crippen molar-refractivity contribution in [2.45, 2.75) is 25.8 Å². The molecule has 0 spiro atoms. The molecule has 0 atom stereocenters. The Bertz CT molecular complexity index is 461. The van der Waals surface area contributed by atoms with Gasteiger partial charge in [0.25, 0.3) is 0 Å². The first kappa shape index (κ1) is 13.6. The second kappa shape index (κ2) is 5.91. The smallest absolute Gasteiger partial charge is 0.242 e. The van der Waals surface area contributed by atoms with Crippen LogP contribution in [0.2, 0.25) is 0 Å². The van der Waals surface area contributed by atoms with Crippen LogP contribution >= 0.6 is 0 Å². The van der Waals surface area contributed by atoms with Gasteiger partial charge in [-0.2, -0.15) is 0 Å². The highest BCUT2D eigenvalue weighted by atomic mass is 19.1. The lowest BCUT2D eigenvalue weighted by Crippen LogP contribution is -2.37. The summed E-state index contributed by atoms with van der Waals surface area (Å²) in [6.45, 7) is 2.77. The van der Waals surface area contributed by atoms with Gasteiger partial charge in [-0.15, -0.1) is 0 Å². The summed E-state index contributed by atoms with van der Waals surface area (Å²) in [5.74, 6) is 0.182. The normalized spacial score (nSPS) is 14.1. The lowest BCUT2D eigenvalue weighted by atomic mass is 10.3. The summed E-state index contributed by atoms with van der Waals surface area (Å²) >= 11 is 0. The van der Waals surface area contributed by atoms with Gasteiger partial charge in [0.15, 0.2) is 0 Å². The van der Waals surface area contributed by atoms with Gasteiger partial charge in [0.2, 0.25) is 5.91 Å². The predicted octanol–water partition coefficient (Wildman–Crippen LogP) is 2.26. The minimum atomic E-state index is -0.386. The minimum Gasteiger partial charge on any atom is -0.497 e. The monoisotopic (exact) mass is 266 g/mol. The molecular weight excluding hydrogens is 247 g/mol. The van der Waals surface area contributed by atoms with Crippen LogP contribution in [0.4, 0.5) is 10.1 Å². The number of nitrogens with one attached hydrogen (secondary N) is 1. The first-order valence-corrected chi connectivity index (χ1v) is 6.52. The van der Waals surface area contributed by atoms with Crippen LogP contribution in [0.25, 0.3) is 0 Å². The van der Waals surface area contributed by atoms with Crippen molar-refractivity contribution in [1.82, 2.24) is 4.90 Å². The van der Waals surface area contributed by atoms with Crippen molar-refractivity contribution >= 4 is 11.6 Å². The van der Waals surface area contributed by atoms with Crippen molar-refractivity contribution < 1.29 is 13.9 Å². The van der Waals surface area contributed by atoms with E-state index in [-0.39, 0.29) is 18.3 Å². The molecule has 0 heterocycles. The van der Waals surface area contributed by atoms with Crippen LogP contribution in [0.15, 0.2) is 18.2 Å². The van der Waals surface area contributed by atoms with Crippen molar-refractivity contribution in [3.05, 3.63) is 24.0 Å². The van der Waals surface area contributed by atoms with E-state index in [1.165, 1.54) is 13.2 Å². The number of amides is 1. The maximum Gasteiger partial charge on any atom is 0.242 e. The molecule has 5 heteroatoms. The van der Waals surface area contributed by atoms with Crippen LogP contribution in [0.3, 0.4) is 0 Å². The first-order valence-electron chi connectivity index (χ1n) is 6.52. The summed E-state index contributed by atoms with van der Waals surface area (Å²) in [6.07, 6.45) is 2.15. The molecule has 0 aliphatic heterocycles. The Labute approximate surface area is 112 Å². The number of rotatable bonds is 6. The van der Waals surface area contributed by atoms with E-state index in [0.29, 0.717) is 24.0 Å². The van der Waals surface area contributed by atoms with Gasteiger partial charge in [-0.1, -0.05) is 0 Å². The largest absolute Gasteiger partial charge is 0.497 e. The van der Waals surface area contributed by atoms with E-state index in [2.05, 4.69) is 5.32 Å². The van der Waals surface area contributed by atoms with Gasteiger partial charge in [-0.25, -0.2) is 4.39 Å². The molecule has 0 bridgehead atoms. The van der Waals surface area contributed by atoms with Crippen molar-refractivity contribution in [2.75, 3.05) is 25.5 Å². The average molecular weight is 266 g/mol. The number of hydrogen-bond donors (Lipinski definition) is 1. The first-order chi connectivity index (χ1) is 9.15. The van der Waals surface area contributed by atoms with Crippen molar-refractivity contribution in [3.8, 4) is 5.75 Å². The lowest BCUT2D eigenvalue weighted by Gasteiger charge is -2.21. The fourth-order valence-electron chi connectivity index (χ4n) is 2.06. The summed E-state index contributed by atoms with van der Waals surface area (Å²) in [7, 11) is 1.52. The Morgan fingerprint density at radius 1 is 1.53 bits per heavy atom. The summed E-state index contributed by atoms with van der Waals surface area (Å²) in [4.78, 5) is 13.8. The molecule has 1 amide bonds. The zero-order valence-electron chi connectivity index (χ0n) is 11.3. The van der Waals surface area contributed by atoms with E-state index in [9.17, 15) is 9.18 Å². The number of carbonyl (C=O) groups excluding carboxylic acids is 1. The van der Waals surface area contributed by atoms with Crippen LogP contribution in [0.1, 0.15) is 19.8 Å². The van der Waals surface area contributed by atoms with Crippen LogP contribution in [-0.2, 0) is 4.79 Å². The zero-order valence-corrected chi connectivity index (χ0v) is 11.3. The van der Waals surface area contributed by atoms with Gasteiger partial charge in [-0.05, 0) is 31.9 Å². The van der Waals surface area contributed by atoms with Gasteiger partial charge < -0.3 is 15.0 Å². The number of carbonyl (C=O) groups is 1. The second-order valence-corrected chi connectivity index (χ2v) is 4.61. The lowest BCUT2D eigenvalue weighted by molar-refractivity contribution is -0.129. The second-order valence-electron chi connectivity index (χ2n) is 4.61. The number of hydrogen-bond acceptors (Lipinski definition) is 3. The maximum absolute atomic E-state index is 13.6. The van der Waals surface area contributed by atoms with E-state index >= 15 is 0 Å². The quantitative estimate of drug-likeness (QED) is 0.858. The molecule has 1 saturated carbocycles. The van der Waals surface area contributed by atoms with Gasteiger partial charge in [-0.3, -0.25) is 4.79 Å². The molecular formula is C14H19FN2O2. The zero-order chi connectivity index (χ0) is 13.8. The Balaban J connectivity index is 1.95. The molecule has 1 fully saturated rings. The predicted molar refractivity (Wildman–Crippen MR) is 71.9 cm³/mol. The molecule has 0 unspecified atom stereocenters. The molecule has 0 aromatic heterocycles. The number of benzene rings is 1. The molecule has 104 valence electrons. The molecule has 0 radical (unpaired) electrons. The number of halogens is 1. The third kappa shape index (κ3) is 3.36. The van der Waals surface area contributed by atoms with E-state index in [1.54, 1.807) is 12.1 Å². The van der Waals surface area contributed by atoms with Gasteiger partial charge in [0.05, 0.1) is 19.3 Å². The Hall–Kier alpha value is -1.78. The maximum atomic E-state index is 13.6. The van der Waals surface area contributed by atoms with Crippen molar-refractivity contribution in [2.24, 2.45) is 0 Å². The molecule has 2 rings (SSSR count). The number of anilines is 1. The third-order valence-corrected chi connectivity index (χ3v) is 3.25. The summed E-state index contributed by atoms with van der Waals surface area (Å²) < 4.78 is 18.6. The van der Waals surface area contributed by atoms with E-state index in [4.69, 9.17) is 4.74 Å². The number of ether oxygens (including phenoxy) is 1. The number of nitrogens with zero attached hydrogens (tertiary/aromatic N) is 1. The Morgan fingerprint density at radius 2 is 2.26 bits per heavy atom. The number of methoxy groups -OCH3 is 1. The summed E-state index contributed by atoms with van der Waals surface area (Å²) in [5.41, 5.74) is 0.291. The van der Waals surface area contributed by atoms with Crippen LogP contribution < -0.4 is 10.1 Å². The molecule has 19 heavy (non-hydrogen) atoms. The minimum absolute atomic E-state index is 0.00669. The third-order valence-electron chi connectivity index (χ3n) is 3.25. The topological polar surface area (TPSA) is 41.6 Å². The molecule has 1 aromatic carbocycles. The molecule has 1 aliphatic rings. The van der Waals surface area contributed by atoms with Crippen molar-refractivity contribution in [1.29, 1.82) is 0 Å². The average Bonchev–Trinajstić information content (AvgIpc) is 3.23. The summed E-state index contributed by atoms with van der Waals surface area (Å²) in [5, 5.41) is 2.84. The Kier molecular flexibility index (Phi) is 4.24. The highest BCUT2D eigenvalue weighted by Crippen LogP contribution is 2.27. The highest BCUT2D eigenvalue weighted by molar-refractivity contribution is 5.81. The standard InChI is InChI=1S/C14H19FN2O2/c1-3-17(10-4-5-10)14(18)9-16-13-8-11(19-2)6-7-12(13)15/h6-8,10,16H,3-5,9H2,1-2H3. The molecule has 4 nitrogen and oxygen atoms in total. The molecule has 1 N–H and O–H groups in total. The van der Waals surface area contributed by atoms with Gasteiger partial charge >= 0.3 is 0 Å².